The molecule has 1 saturated heterocycles. The zero-order valence-electron chi connectivity index (χ0n) is 20.6. The van der Waals surface area contributed by atoms with Gasteiger partial charge in [0.25, 0.3) is 5.69 Å². The van der Waals surface area contributed by atoms with E-state index in [1.807, 2.05) is 11.8 Å². The average Bonchev–Trinajstić information content (AvgIpc) is 2.84. The molecule has 1 aromatic carbocycles. The Kier molecular flexibility index (Phi) is 8.37. The lowest BCUT2D eigenvalue weighted by Gasteiger charge is -2.38. The molecule has 2 aromatic rings. The van der Waals surface area contributed by atoms with Crippen molar-refractivity contribution in [2.24, 2.45) is 5.92 Å². The number of alkyl halides is 3. The maximum Gasteiger partial charge on any atom is 0.416 e. The third kappa shape index (κ3) is 6.59. The average molecular weight is 542 g/mol. The van der Waals surface area contributed by atoms with Gasteiger partial charge in [-0.2, -0.15) is 13.2 Å². The Bertz CT molecular complexity index is 1200. The highest BCUT2D eigenvalue weighted by atomic mass is 32.1. The zero-order valence-corrected chi connectivity index (χ0v) is 21.4. The molecule has 0 radical (unpaired) electrons. The maximum absolute atomic E-state index is 13.2. The Morgan fingerprint density at radius 3 is 2.41 bits per heavy atom. The fraction of sp³-hybridized carbons (Fsp3) is 0.600. The quantitative estimate of drug-likeness (QED) is 0.270. The van der Waals surface area contributed by atoms with Crippen LogP contribution in [0.4, 0.5) is 23.9 Å². The Balaban J connectivity index is 1.38. The van der Waals surface area contributed by atoms with E-state index in [1.54, 1.807) is 0 Å². The highest BCUT2D eigenvalue weighted by Gasteiger charge is 2.34. The summed E-state index contributed by atoms with van der Waals surface area (Å²) in [6.45, 7) is 5.61. The van der Waals surface area contributed by atoms with Crippen LogP contribution in [0.15, 0.2) is 23.0 Å². The van der Waals surface area contributed by atoms with Gasteiger partial charge in [-0.3, -0.25) is 24.6 Å². The van der Waals surface area contributed by atoms with Gasteiger partial charge in [-0.25, -0.2) is 0 Å². The number of carbonyl (C=O) groups is 1. The molecule has 1 aliphatic carbocycles. The number of esters is 1. The van der Waals surface area contributed by atoms with Crippen LogP contribution in [0, 0.1) is 16.0 Å². The molecule has 1 aromatic heterocycles. The third-order valence-corrected chi connectivity index (χ3v) is 8.28. The van der Waals surface area contributed by atoms with E-state index >= 15 is 0 Å². The summed E-state index contributed by atoms with van der Waals surface area (Å²) in [5, 5.41) is 11.8. The number of piperazine rings is 1. The summed E-state index contributed by atoms with van der Waals surface area (Å²) in [4.78, 5) is 39.4. The van der Waals surface area contributed by atoms with E-state index in [9.17, 15) is 32.9 Å². The van der Waals surface area contributed by atoms with Crippen LogP contribution >= 0.6 is 11.3 Å². The number of non-ortho nitro benzene ring substituents is 1. The van der Waals surface area contributed by atoms with Gasteiger partial charge in [0.2, 0.25) is 0 Å². The molecule has 0 bridgehead atoms. The molecule has 37 heavy (non-hydrogen) atoms. The van der Waals surface area contributed by atoms with Crippen LogP contribution in [-0.4, -0.2) is 54.6 Å². The van der Waals surface area contributed by atoms with E-state index in [4.69, 9.17) is 4.74 Å². The predicted molar refractivity (Wildman–Crippen MR) is 135 cm³/mol. The molecule has 12 heteroatoms. The SMILES string of the molecule is CCCC(=O)OC1CCC(CN2CCN(c3cc(=O)c4cc(C(F)(F)F)cc([N+](=O)[O-])c4s3)CC2)CC1. The molecule has 1 saturated carbocycles. The Hall–Kier alpha value is -2.73. The van der Waals surface area contributed by atoms with E-state index in [0.717, 1.165) is 63.1 Å². The normalized spacial score (nSPS) is 21.2. The first-order valence-electron chi connectivity index (χ1n) is 12.6. The molecule has 4 rings (SSSR count). The van der Waals surface area contributed by atoms with Gasteiger partial charge >= 0.3 is 12.1 Å². The van der Waals surface area contributed by atoms with Gasteiger partial charge in [0.15, 0.2) is 5.43 Å². The van der Waals surface area contributed by atoms with Crippen molar-refractivity contribution < 1.29 is 27.6 Å². The summed E-state index contributed by atoms with van der Waals surface area (Å²) < 4.78 is 45.1. The van der Waals surface area contributed by atoms with Crippen LogP contribution in [-0.2, 0) is 15.7 Å². The second-order valence-electron chi connectivity index (χ2n) is 9.75. The lowest BCUT2D eigenvalue weighted by atomic mass is 9.87. The summed E-state index contributed by atoms with van der Waals surface area (Å²) in [5.41, 5.74) is -2.56. The smallest absolute Gasteiger partial charge is 0.416 e. The first kappa shape index (κ1) is 27.3. The number of fused-ring (bicyclic) bond motifs is 1. The van der Waals surface area contributed by atoms with Crippen LogP contribution in [0.2, 0.25) is 0 Å². The number of nitro benzene ring substituents is 1. The number of rotatable bonds is 7. The first-order chi connectivity index (χ1) is 17.5. The number of nitro groups is 1. The van der Waals surface area contributed by atoms with Crippen molar-refractivity contribution in [3.05, 3.63) is 44.1 Å². The molecule has 2 aliphatic rings. The predicted octanol–water partition coefficient (Wildman–Crippen LogP) is 5.21. The molecule has 8 nitrogen and oxygen atoms in total. The van der Waals surface area contributed by atoms with Crippen LogP contribution in [0.5, 0.6) is 0 Å². The molecule has 0 N–H and O–H groups in total. The van der Waals surface area contributed by atoms with Crippen molar-refractivity contribution in [1.82, 2.24) is 4.90 Å². The van der Waals surface area contributed by atoms with Crippen LogP contribution in [0.25, 0.3) is 10.1 Å². The number of halogens is 3. The molecule has 202 valence electrons. The Morgan fingerprint density at radius 2 is 1.81 bits per heavy atom. The zero-order chi connectivity index (χ0) is 26.7. The molecule has 2 heterocycles. The minimum absolute atomic E-state index is 0.0130. The fourth-order valence-electron chi connectivity index (χ4n) is 5.08. The van der Waals surface area contributed by atoms with Gasteiger partial charge in [0, 0.05) is 56.7 Å². The van der Waals surface area contributed by atoms with E-state index in [-0.39, 0.29) is 22.2 Å². The number of nitrogens with zero attached hydrogens (tertiary/aromatic N) is 3. The summed E-state index contributed by atoms with van der Waals surface area (Å²) >= 11 is 0.984. The number of hydrogen-bond donors (Lipinski definition) is 0. The Morgan fingerprint density at radius 1 is 1.14 bits per heavy atom. The molecule has 0 spiro atoms. The fourth-order valence-corrected chi connectivity index (χ4v) is 6.27. The standard InChI is InChI=1S/C25H30F3N3O5S/c1-2-3-23(33)36-18-6-4-16(5-7-18)15-29-8-10-30(11-9-29)22-14-21(32)19-12-17(25(26,27)28)13-20(31(34)35)24(19)37-22/h12-14,16,18H,2-11,15H2,1H3. The molecule has 2 fully saturated rings. The van der Waals surface area contributed by atoms with Gasteiger partial charge in [0.1, 0.15) is 10.8 Å². The van der Waals surface area contributed by atoms with E-state index in [0.29, 0.717) is 42.6 Å². The number of benzene rings is 1. The number of ether oxygens (including phenoxy) is 1. The second-order valence-corrected chi connectivity index (χ2v) is 10.8. The van der Waals surface area contributed by atoms with E-state index in [1.165, 1.54) is 6.07 Å². The monoisotopic (exact) mass is 541 g/mol. The van der Waals surface area contributed by atoms with Crippen molar-refractivity contribution in [2.45, 2.75) is 57.7 Å². The second kappa shape index (κ2) is 11.3. The number of carbonyl (C=O) groups excluding carboxylic acids is 1. The maximum atomic E-state index is 13.2. The Labute approximate surface area is 216 Å². The highest BCUT2D eigenvalue weighted by Crippen LogP contribution is 2.39. The summed E-state index contributed by atoms with van der Waals surface area (Å²) in [5.74, 6) is 0.402. The van der Waals surface area contributed by atoms with Gasteiger partial charge in [-0.05, 0) is 44.1 Å². The van der Waals surface area contributed by atoms with Crippen molar-refractivity contribution in [3.63, 3.8) is 0 Å². The molecule has 0 atom stereocenters. The largest absolute Gasteiger partial charge is 0.462 e. The number of anilines is 1. The van der Waals surface area contributed by atoms with Gasteiger partial charge in [-0.1, -0.05) is 6.92 Å². The van der Waals surface area contributed by atoms with E-state index < -0.39 is 27.8 Å². The lowest BCUT2D eigenvalue weighted by Crippen LogP contribution is -2.48. The molecule has 0 amide bonds. The minimum atomic E-state index is -4.79. The van der Waals surface area contributed by atoms with Gasteiger partial charge < -0.3 is 9.64 Å². The van der Waals surface area contributed by atoms with Gasteiger partial charge in [-0.15, -0.1) is 11.3 Å². The van der Waals surface area contributed by atoms with Crippen LogP contribution < -0.4 is 10.3 Å². The van der Waals surface area contributed by atoms with Crippen LogP contribution in [0.3, 0.4) is 0 Å². The first-order valence-corrected chi connectivity index (χ1v) is 13.4. The minimum Gasteiger partial charge on any atom is -0.462 e. The van der Waals surface area contributed by atoms with Crippen molar-refractivity contribution in [1.29, 1.82) is 0 Å². The van der Waals surface area contributed by atoms with Crippen molar-refractivity contribution in [2.75, 3.05) is 37.6 Å². The summed E-state index contributed by atoms with van der Waals surface area (Å²) in [7, 11) is 0. The molecule has 1 aliphatic heterocycles. The van der Waals surface area contributed by atoms with Crippen molar-refractivity contribution >= 4 is 38.1 Å². The topological polar surface area (TPSA) is 93.0 Å². The summed E-state index contributed by atoms with van der Waals surface area (Å²) in [6, 6.07) is 2.48. The van der Waals surface area contributed by atoms with Gasteiger partial charge in [0.05, 0.1) is 15.5 Å². The molecular weight excluding hydrogens is 511 g/mol. The van der Waals surface area contributed by atoms with Crippen LogP contribution in [0.1, 0.15) is 51.0 Å². The molecular formula is C25H30F3N3O5S. The van der Waals surface area contributed by atoms with Crippen molar-refractivity contribution in [3.8, 4) is 0 Å². The third-order valence-electron chi connectivity index (χ3n) is 7.07. The highest BCUT2D eigenvalue weighted by molar-refractivity contribution is 7.22. The lowest BCUT2D eigenvalue weighted by molar-refractivity contribution is -0.383. The van der Waals surface area contributed by atoms with E-state index in [2.05, 4.69) is 4.90 Å². The molecule has 0 unspecified atom stereocenters. The number of hydrogen-bond acceptors (Lipinski definition) is 8. The summed E-state index contributed by atoms with van der Waals surface area (Å²) in [6.07, 6.45) is 0.216.